The minimum absolute atomic E-state index is 0.386. The quantitative estimate of drug-likeness (QED) is 0.623. The van der Waals surface area contributed by atoms with Crippen LogP contribution in [0.15, 0.2) is 46.9 Å². The van der Waals surface area contributed by atoms with Crippen molar-refractivity contribution in [3.63, 3.8) is 0 Å². The molecule has 1 heterocycles. The predicted octanol–water partition coefficient (Wildman–Crippen LogP) is 5.40. The molecule has 3 nitrogen and oxygen atoms in total. The summed E-state index contributed by atoms with van der Waals surface area (Å²) in [5.74, 6) is 0.386. The number of nitrogens with zero attached hydrogens (tertiary/aromatic N) is 1. The van der Waals surface area contributed by atoms with Gasteiger partial charge >= 0.3 is 0 Å². The molecule has 0 unspecified atom stereocenters. The lowest BCUT2D eigenvalue weighted by Gasteiger charge is -2.08. The predicted molar refractivity (Wildman–Crippen MR) is 91.6 cm³/mol. The first kappa shape index (κ1) is 14.4. The summed E-state index contributed by atoms with van der Waals surface area (Å²) in [4.78, 5) is 0. The Kier molecular flexibility index (Phi) is 3.93. The molecule has 0 saturated carbocycles. The fourth-order valence-electron chi connectivity index (χ4n) is 2.18. The number of aromatic amines is 1. The molecule has 0 aliphatic rings. The molecule has 0 aliphatic carbocycles. The van der Waals surface area contributed by atoms with E-state index in [0.717, 1.165) is 26.9 Å². The molecule has 3 rings (SSSR count). The van der Waals surface area contributed by atoms with E-state index in [1.807, 2.05) is 42.5 Å². The van der Waals surface area contributed by atoms with Crippen molar-refractivity contribution < 1.29 is 0 Å². The normalized spacial score (nSPS) is 10.8. The summed E-state index contributed by atoms with van der Waals surface area (Å²) in [6.45, 7) is 0. The Morgan fingerprint density at radius 3 is 2.48 bits per heavy atom. The van der Waals surface area contributed by atoms with E-state index in [2.05, 4.69) is 26.1 Å². The average molecular weight is 383 g/mol. The Morgan fingerprint density at radius 1 is 1.00 bits per heavy atom. The van der Waals surface area contributed by atoms with E-state index < -0.39 is 0 Å². The number of aromatic nitrogens is 2. The lowest BCUT2D eigenvalue weighted by Crippen LogP contribution is -1.90. The van der Waals surface area contributed by atoms with Gasteiger partial charge in [0.15, 0.2) is 5.82 Å². The van der Waals surface area contributed by atoms with Crippen LogP contribution in [0.5, 0.6) is 0 Å². The highest BCUT2D eigenvalue weighted by Gasteiger charge is 2.18. The maximum Gasteiger partial charge on any atom is 0.153 e. The Bertz CT molecular complexity index is 814. The van der Waals surface area contributed by atoms with E-state index in [-0.39, 0.29) is 0 Å². The van der Waals surface area contributed by atoms with Gasteiger partial charge in [0.25, 0.3) is 0 Å². The van der Waals surface area contributed by atoms with E-state index in [4.69, 9.17) is 28.9 Å². The lowest BCUT2D eigenvalue weighted by molar-refractivity contribution is 1.10. The zero-order chi connectivity index (χ0) is 15.0. The highest BCUT2D eigenvalue weighted by atomic mass is 79.9. The summed E-state index contributed by atoms with van der Waals surface area (Å²) < 4.78 is 0.906. The molecule has 6 heteroatoms. The minimum atomic E-state index is 0.386. The summed E-state index contributed by atoms with van der Waals surface area (Å²) in [5.41, 5.74) is 9.15. The van der Waals surface area contributed by atoms with E-state index in [9.17, 15) is 0 Å². The van der Waals surface area contributed by atoms with Crippen molar-refractivity contribution in [1.29, 1.82) is 0 Å². The van der Waals surface area contributed by atoms with E-state index in [1.165, 1.54) is 0 Å². The van der Waals surface area contributed by atoms with Gasteiger partial charge in [0.1, 0.15) is 0 Å². The van der Waals surface area contributed by atoms with E-state index in [1.54, 1.807) is 0 Å². The number of hydrogen-bond donors (Lipinski definition) is 2. The van der Waals surface area contributed by atoms with Gasteiger partial charge in [0.05, 0.1) is 16.3 Å². The van der Waals surface area contributed by atoms with Crippen molar-refractivity contribution in [3.8, 4) is 22.4 Å². The van der Waals surface area contributed by atoms with Crippen molar-refractivity contribution in [3.05, 3.63) is 57.0 Å². The summed E-state index contributed by atoms with van der Waals surface area (Å²) in [6, 6.07) is 13.1. The van der Waals surface area contributed by atoms with Crippen molar-refractivity contribution in [2.24, 2.45) is 0 Å². The molecule has 3 N–H and O–H groups in total. The highest BCUT2D eigenvalue weighted by Crippen LogP contribution is 2.40. The molecule has 0 radical (unpaired) electrons. The first-order chi connectivity index (χ1) is 10.1. The van der Waals surface area contributed by atoms with E-state index >= 15 is 0 Å². The van der Waals surface area contributed by atoms with Crippen molar-refractivity contribution >= 4 is 44.9 Å². The van der Waals surface area contributed by atoms with Crippen LogP contribution in [0.1, 0.15) is 0 Å². The number of H-pyrrole nitrogens is 1. The second-order valence-electron chi connectivity index (χ2n) is 4.46. The van der Waals surface area contributed by atoms with Gasteiger partial charge in [-0.25, -0.2) is 0 Å². The van der Waals surface area contributed by atoms with Gasteiger partial charge in [-0.2, -0.15) is 5.10 Å². The van der Waals surface area contributed by atoms with Crippen LogP contribution < -0.4 is 5.73 Å². The van der Waals surface area contributed by atoms with Gasteiger partial charge < -0.3 is 5.73 Å². The molecular formula is C15H10BrCl2N3. The molecular weight excluding hydrogens is 373 g/mol. The van der Waals surface area contributed by atoms with Crippen LogP contribution in [-0.4, -0.2) is 10.2 Å². The lowest BCUT2D eigenvalue weighted by atomic mass is 10.0. The molecule has 0 spiro atoms. The molecule has 0 atom stereocenters. The second-order valence-corrected chi connectivity index (χ2v) is 6.19. The fraction of sp³-hybridized carbons (Fsp3) is 0. The van der Waals surface area contributed by atoms with Crippen LogP contribution in [0.2, 0.25) is 10.0 Å². The summed E-state index contributed by atoms with van der Waals surface area (Å²) in [5, 5.41) is 8.25. The number of rotatable bonds is 2. The number of hydrogen-bond acceptors (Lipinski definition) is 2. The number of nitrogens with two attached hydrogens (primary N) is 1. The third kappa shape index (κ3) is 2.67. The Morgan fingerprint density at radius 2 is 1.76 bits per heavy atom. The van der Waals surface area contributed by atoms with Gasteiger partial charge in [0.2, 0.25) is 0 Å². The van der Waals surface area contributed by atoms with Gasteiger partial charge in [-0.3, -0.25) is 5.10 Å². The zero-order valence-electron chi connectivity index (χ0n) is 10.7. The molecule has 0 fully saturated rings. The maximum absolute atomic E-state index is 6.32. The Balaban J connectivity index is 2.25. The molecule has 3 aromatic rings. The van der Waals surface area contributed by atoms with Crippen LogP contribution in [-0.2, 0) is 0 Å². The number of anilines is 1. The van der Waals surface area contributed by atoms with Gasteiger partial charge in [-0.15, -0.1) is 0 Å². The molecule has 0 bridgehead atoms. The van der Waals surface area contributed by atoms with Gasteiger partial charge in [-0.1, -0.05) is 63.4 Å². The molecule has 0 saturated heterocycles. The Labute approximate surface area is 140 Å². The van der Waals surface area contributed by atoms with Crippen LogP contribution in [0.4, 0.5) is 5.82 Å². The number of benzene rings is 2. The number of nitrogen functional groups attached to an aromatic ring is 1. The van der Waals surface area contributed by atoms with Crippen LogP contribution in [0.25, 0.3) is 22.4 Å². The molecule has 0 amide bonds. The van der Waals surface area contributed by atoms with E-state index in [0.29, 0.717) is 15.9 Å². The van der Waals surface area contributed by atoms with Gasteiger partial charge in [-0.05, 0) is 18.2 Å². The zero-order valence-corrected chi connectivity index (χ0v) is 13.8. The fourth-order valence-corrected chi connectivity index (χ4v) is 3.18. The van der Waals surface area contributed by atoms with Gasteiger partial charge in [0, 0.05) is 20.6 Å². The largest absolute Gasteiger partial charge is 0.382 e. The smallest absolute Gasteiger partial charge is 0.153 e. The van der Waals surface area contributed by atoms with Crippen molar-refractivity contribution in [2.75, 3.05) is 5.73 Å². The second kappa shape index (κ2) is 5.72. The first-order valence-corrected chi connectivity index (χ1v) is 7.67. The number of nitrogens with one attached hydrogen (secondary N) is 1. The van der Waals surface area contributed by atoms with Crippen LogP contribution >= 0.6 is 39.1 Å². The monoisotopic (exact) mass is 381 g/mol. The summed E-state index contributed by atoms with van der Waals surface area (Å²) in [6.07, 6.45) is 0. The standard InChI is InChI=1S/C15H10BrCl2N3/c16-8-5-6-10(12(18)7-8)14-13(15(19)21-20-14)9-3-1-2-4-11(9)17/h1-7H,(H3,19,20,21). The topological polar surface area (TPSA) is 54.7 Å². The highest BCUT2D eigenvalue weighted by molar-refractivity contribution is 9.10. The first-order valence-electron chi connectivity index (χ1n) is 6.12. The maximum atomic E-state index is 6.32. The summed E-state index contributed by atoms with van der Waals surface area (Å²) >= 11 is 16.0. The molecule has 21 heavy (non-hydrogen) atoms. The average Bonchev–Trinajstić information content (AvgIpc) is 2.81. The molecule has 2 aromatic carbocycles. The van der Waals surface area contributed by atoms with Crippen LogP contribution in [0, 0.1) is 0 Å². The summed E-state index contributed by atoms with van der Waals surface area (Å²) in [7, 11) is 0. The van der Waals surface area contributed by atoms with Crippen molar-refractivity contribution in [1.82, 2.24) is 10.2 Å². The molecule has 106 valence electrons. The van der Waals surface area contributed by atoms with Crippen molar-refractivity contribution in [2.45, 2.75) is 0 Å². The SMILES string of the molecule is Nc1n[nH]c(-c2ccc(Br)cc2Cl)c1-c1ccccc1Cl. The molecule has 1 aromatic heterocycles. The Hall–Kier alpha value is -1.49. The number of halogens is 3. The third-order valence-electron chi connectivity index (χ3n) is 3.14. The third-order valence-corrected chi connectivity index (χ3v) is 4.27. The van der Waals surface area contributed by atoms with Crippen LogP contribution in [0.3, 0.4) is 0 Å². The molecule has 0 aliphatic heterocycles. The minimum Gasteiger partial charge on any atom is -0.382 e.